The van der Waals surface area contributed by atoms with Crippen LogP contribution < -0.4 is 11.1 Å². The molecule has 2 rings (SSSR count). The second-order valence-corrected chi connectivity index (χ2v) is 6.98. The highest BCUT2D eigenvalue weighted by atomic mass is 16.2. The van der Waals surface area contributed by atoms with Crippen LogP contribution in [0.15, 0.2) is 30.3 Å². The highest BCUT2D eigenvalue weighted by Gasteiger charge is 2.38. The molecule has 1 fully saturated rings. The van der Waals surface area contributed by atoms with E-state index in [1.807, 2.05) is 18.2 Å². The van der Waals surface area contributed by atoms with Gasteiger partial charge in [-0.2, -0.15) is 0 Å². The lowest BCUT2D eigenvalue weighted by Crippen LogP contribution is -2.49. The molecule has 1 aromatic rings. The molecule has 3 nitrogen and oxygen atoms in total. The first-order valence-corrected chi connectivity index (χ1v) is 8.04. The van der Waals surface area contributed by atoms with Crippen molar-refractivity contribution in [1.82, 2.24) is 5.32 Å². The summed E-state index contributed by atoms with van der Waals surface area (Å²) in [5, 5.41) is 3.16. The minimum atomic E-state index is -0.328. The number of nitrogens with one attached hydrogen (secondary N) is 1. The fourth-order valence-electron chi connectivity index (χ4n) is 3.23. The molecule has 21 heavy (non-hydrogen) atoms. The molecule has 0 saturated heterocycles. The minimum absolute atomic E-state index is 0.0681. The van der Waals surface area contributed by atoms with Crippen molar-refractivity contribution in [2.75, 3.05) is 13.1 Å². The summed E-state index contributed by atoms with van der Waals surface area (Å²) in [6.45, 7) is 5.44. The van der Waals surface area contributed by atoms with Crippen LogP contribution in [0.2, 0.25) is 0 Å². The van der Waals surface area contributed by atoms with Crippen LogP contribution in [-0.2, 0) is 10.2 Å². The zero-order valence-electron chi connectivity index (χ0n) is 13.3. The lowest BCUT2D eigenvalue weighted by Gasteiger charge is -2.36. The Hall–Kier alpha value is -1.35. The smallest absolute Gasteiger partial charge is 0.227 e. The maximum absolute atomic E-state index is 12.6. The van der Waals surface area contributed by atoms with Crippen molar-refractivity contribution in [3.63, 3.8) is 0 Å². The van der Waals surface area contributed by atoms with Gasteiger partial charge in [-0.15, -0.1) is 0 Å². The second-order valence-electron chi connectivity index (χ2n) is 6.98. The van der Waals surface area contributed by atoms with Gasteiger partial charge in [-0.3, -0.25) is 4.79 Å². The molecular weight excluding hydrogens is 260 g/mol. The summed E-state index contributed by atoms with van der Waals surface area (Å²) in [4.78, 5) is 12.6. The van der Waals surface area contributed by atoms with E-state index in [1.165, 1.54) is 12.0 Å². The molecule has 0 unspecified atom stereocenters. The van der Waals surface area contributed by atoms with E-state index in [4.69, 9.17) is 5.73 Å². The minimum Gasteiger partial charge on any atom is -0.355 e. The molecule has 3 N–H and O–H groups in total. The molecule has 1 aromatic carbocycles. The molecule has 0 atom stereocenters. The van der Waals surface area contributed by atoms with Crippen LogP contribution in [0.1, 0.15) is 51.5 Å². The topological polar surface area (TPSA) is 55.1 Å². The Kier molecular flexibility index (Phi) is 5.04. The van der Waals surface area contributed by atoms with Crippen molar-refractivity contribution >= 4 is 5.91 Å². The Morgan fingerprint density at radius 3 is 2.38 bits per heavy atom. The molecule has 0 spiro atoms. The summed E-state index contributed by atoms with van der Waals surface area (Å²) in [6.07, 6.45) is 5.33. The first-order chi connectivity index (χ1) is 10.0. The number of carbonyl (C=O) groups is 1. The van der Waals surface area contributed by atoms with Crippen LogP contribution in [0.3, 0.4) is 0 Å². The predicted molar refractivity (Wildman–Crippen MR) is 87.1 cm³/mol. The number of amides is 1. The molecule has 1 amide bonds. The summed E-state index contributed by atoms with van der Waals surface area (Å²) >= 11 is 0. The fraction of sp³-hybridized carbons (Fsp3) is 0.611. The van der Waals surface area contributed by atoms with Crippen LogP contribution in [0, 0.1) is 5.41 Å². The molecule has 3 heteroatoms. The Morgan fingerprint density at radius 2 is 1.81 bits per heavy atom. The van der Waals surface area contributed by atoms with E-state index < -0.39 is 0 Å². The van der Waals surface area contributed by atoms with Crippen LogP contribution in [0.25, 0.3) is 0 Å². The van der Waals surface area contributed by atoms with E-state index in [-0.39, 0.29) is 16.7 Å². The number of carbonyl (C=O) groups excluding carboxylic acids is 1. The van der Waals surface area contributed by atoms with E-state index in [0.29, 0.717) is 13.1 Å². The van der Waals surface area contributed by atoms with Gasteiger partial charge in [0.05, 0.1) is 5.41 Å². The van der Waals surface area contributed by atoms with E-state index in [1.54, 1.807) is 0 Å². The fourth-order valence-corrected chi connectivity index (χ4v) is 3.23. The SMILES string of the molecule is CC(C)(CNC(=O)C1(CN)CCCCC1)c1ccccc1. The maximum atomic E-state index is 12.6. The van der Waals surface area contributed by atoms with Gasteiger partial charge in [0, 0.05) is 18.5 Å². The lowest BCUT2D eigenvalue weighted by atomic mass is 9.73. The number of nitrogens with two attached hydrogens (primary N) is 1. The van der Waals surface area contributed by atoms with Crippen molar-refractivity contribution in [3.8, 4) is 0 Å². The van der Waals surface area contributed by atoms with Gasteiger partial charge in [0.15, 0.2) is 0 Å². The third-order valence-electron chi connectivity index (χ3n) is 4.93. The summed E-state index contributed by atoms with van der Waals surface area (Å²) in [6, 6.07) is 10.3. The van der Waals surface area contributed by atoms with Crippen molar-refractivity contribution in [2.45, 2.75) is 51.4 Å². The van der Waals surface area contributed by atoms with Crippen molar-refractivity contribution in [2.24, 2.45) is 11.1 Å². The Balaban J connectivity index is 2.00. The first kappa shape index (κ1) is 16.0. The number of hydrogen-bond acceptors (Lipinski definition) is 2. The van der Waals surface area contributed by atoms with E-state index >= 15 is 0 Å². The van der Waals surface area contributed by atoms with Crippen LogP contribution in [0.4, 0.5) is 0 Å². The highest BCUT2D eigenvalue weighted by Crippen LogP contribution is 2.35. The van der Waals surface area contributed by atoms with Gasteiger partial charge < -0.3 is 11.1 Å². The normalized spacial score (nSPS) is 18.2. The zero-order chi connectivity index (χ0) is 15.3. The van der Waals surface area contributed by atoms with E-state index in [2.05, 4.69) is 31.3 Å². The van der Waals surface area contributed by atoms with Gasteiger partial charge in [0.1, 0.15) is 0 Å². The quantitative estimate of drug-likeness (QED) is 0.875. The van der Waals surface area contributed by atoms with Gasteiger partial charge in [-0.25, -0.2) is 0 Å². The lowest BCUT2D eigenvalue weighted by molar-refractivity contribution is -0.132. The molecular formula is C18H28N2O. The predicted octanol–water partition coefficient (Wildman–Crippen LogP) is 2.99. The molecule has 1 aliphatic rings. The second kappa shape index (κ2) is 6.61. The summed E-state index contributed by atoms with van der Waals surface area (Å²) in [5.41, 5.74) is 6.78. The number of benzene rings is 1. The summed E-state index contributed by atoms with van der Waals surface area (Å²) in [5.74, 6) is 0.147. The average Bonchev–Trinajstić information content (AvgIpc) is 2.54. The molecule has 0 bridgehead atoms. The third-order valence-corrected chi connectivity index (χ3v) is 4.93. The van der Waals surface area contributed by atoms with Crippen molar-refractivity contribution in [3.05, 3.63) is 35.9 Å². The molecule has 116 valence electrons. The Bertz CT molecular complexity index is 461. The summed E-state index contributed by atoms with van der Waals surface area (Å²) in [7, 11) is 0. The number of hydrogen-bond donors (Lipinski definition) is 2. The average molecular weight is 288 g/mol. The molecule has 0 heterocycles. The maximum Gasteiger partial charge on any atom is 0.227 e. The largest absolute Gasteiger partial charge is 0.355 e. The monoisotopic (exact) mass is 288 g/mol. The van der Waals surface area contributed by atoms with E-state index in [9.17, 15) is 4.79 Å². The third kappa shape index (κ3) is 3.65. The van der Waals surface area contributed by atoms with Gasteiger partial charge in [0.2, 0.25) is 5.91 Å². The molecule has 1 aliphatic carbocycles. The molecule has 0 aliphatic heterocycles. The van der Waals surface area contributed by atoms with Crippen molar-refractivity contribution in [1.29, 1.82) is 0 Å². The summed E-state index contributed by atoms with van der Waals surface area (Å²) < 4.78 is 0. The standard InChI is InChI=1S/C18H28N2O/c1-17(2,15-9-5-3-6-10-15)14-20-16(21)18(13-19)11-7-4-8-12-18/h3,5-6,9-10H,4,7-8,11-14,19H2,1-2H3,(H,20,21). The molecule has 1 saturated carbocycles. The van der Waals surface area contributed by atoms with E-state index in [0.717, 1.165) is 25.7 Å². The first-order valence-electron chi connectivity index (χ1n) is 8.04. The van der Waals surface area contributed by atoms with Crippen LogP contribution in [-0.4, -0.2) is 19.0 Å². The van der Waals surface area contributed by atoms with Gasteiger partial charge in [0.25, 0.3) is 0 Å². The van der Waals surface area contributed by atoms with Crippen LogP contribution in [0.5, 0.6) is 0 Å². The molecule has 0 radical (unpaired) electrons. The highest BCUT2D eigenvalue weighted by molar-refractivity contribution is 5.83. The van der Waals surface area contributed by atoms with Gasteiger partial charge in [-0.05, 0) is 18.4 Å². The Morgan fingerprint density at radius 1 is 1.19 bits per heavy atom. The Labute approximate surface area is 128 Å². The van der Waals surface area contributed by atoms with Crippen molar-refractivity contribution < 1.29 is 4.79 Å². The van der Waals surface area contributed by atoms with Gasteiger partial charge >= 0.3 is 0 Å². The zero-order valence-corrected chi connectivity index (χ0v) is 13.3. The van der Waals surface area contributed by atoms with Crippen LogP contribution >= 0.6 is 0 Å². The molecule has 0 aromatic heterocycles. The number of rotatable bonds is 5. The van der Waals surface area contributed by atoms with Gasteiger partial charge in [-0.1, -0.05) is 63.4 Å².